The van der Waals surface area contributed by atoms with Gasteiger partial charge in [0, 0.05) is 18.7 Å². The molecule has 1 atom stereocenters. The molecule has 2 aliphatic rings. The van der Waals surface area contributed by atoms with E-state index in [2.05, 4.69) is 10.3 Å². The fourth-order valence-electron chi connectivity index (χ4n) is 4.04. The van der Waals surface area contributed by atoms with Crippen molar-refractivity contribution >= 4 is 11.8 Å². The Morgan fingerprint density at radius 2 is 1.76 bits per heavy atom. The van der Waals surface area contributed by atoms with Crippen molar-refractivity contribution in [3.05, 3.63) is 48.2 Å². The Hall–Kier alpha value is -2.89. The van der Waals surface area contributed by atoms with Crippen LogP contribution in [0.25, 0.3) is 11.1 Å². The summed E-state index contributed by atoms with van der Waals surface area (Å²) in [6, 6.07) is 12.6. The molecule has 1 saturated heterocycles. The Bertz CT molecular complexity index is 899. The minimum atomic E-state index is -0.586. The molecule has 2 amide bonds. The van der Waals surface area contributed by atoms with Gasteiger partial charge in [-0.1, -0.05) is 30.3 Å². The largest absolute Gasteiger partial charge is 0.481 e. The molecule has 1 saturated carbocycles. The summed E-state index contributed by atoms with van der Waals surface area (Å²) in [5.41, 5.74) is 2.53. The lowest BCUT2D eigenvalue weighted by molar-refractivity contribution is -0.134. The highest BCUT2D eigenvalue weighted by atomic mass is 16.5. The van der Waals surface area contributed by atoms with E-state index in [1.807, 2.05) is 41.3 Å². The number of benzene rings is 1. The van der Waals surface area contributed by atoms with Gasteiger partial charge in [0.05, 0.1) is 7.11 Å². The van der Waals surface area contributed by atoms with Crippen LogP contribution in [0.15, 0.2) is 42.5 Å². The van der Waals surface area contributed by atoms with Gasteiger partial charge in [-0.25, -0.2) is 4.98 Å². The number of piperidine rings is 1. The Morgan fingerprint density at radius 1 is 1.07 bits per heavy atom. The molecule has 4 rings (SSSR count). The SMILES string of the molecule is COc1nc(C(=O)N[C@@H](C)C(=O)N2CCC3(CC2)CC3)ccc1-c1ccccc1. The molecule has 0 bridgehead atoms. The zero-order chi connectivity index (χ0) is 20.4. The van der Waals surface area contributed by atoms with Gasteiger partial charge in [-0.05, 0) is 55.7 Å². The fourth-order valence-corrected chi connectivity index (χ4v) is 4.04. The van der Waals surface area contributed by atoms with Crippen LogP contribution in [0.3, 0.4) is 0 Å². The lowest BCUT2D eigenvalue weighted by atomic mass is 9.93. The van der Waals surface area contributed by atoms with E-state index in [1.165, 1.54) is 20.0 Å². The van der Waals surface area contributed by atoms with E-state index in [0.29, 0.717) is 11.3 Å². The van der Waals surface area contributed by atoms with Crippen LogP contribution in [0.4, 0.5) is 0 Å². The summed E-state index contributed by atoms with van der Waals surface area (Å²) in [5, 5.41) is 2.79. The van der Waals surface area contributed by atoms with Crippen molar-refractivity contribution < 1.29 is 14.3 Å². The van der Waals surface area contributed by atoms with Crippen molar-refractivity contribution in [2.24, 2.45) is 5.41 Å². The fraction of sp³-hybridized carbons (Fsp3) is 0.435. The van der Waals surface area contributed by atoms with Crippen LogP contribution in [0.5, 0.6) is 5.88 Å². The number of pyridine rings is 1. The summed E-state index contributed by atoms with van der Waals surface area (Å²) in [7, 11) is 1.53. The van der Waals surface area contributed by atoms with Crippen molar-refractivity contribution in [3.63, 3.8) is 0 Å². The minimum Gasteiger partial charge on any atom is -0.481 e. The predicted molar refractivity (Wildman–Crippen MR) is 111 cm³/mol. The van der Waals surface area contributed by atoms with Gasteiger partial charge in [0.15, 0.2) is 0 Å². The molecule has 1 aromatic carbocycles. The number of likely N-dealkylation sites (tertiary alicyclic amines) is 1. The Labute approximate surface area is 171 Å². The summed E-state index contributed by atoms with van der Waals surface area (Å²) in [5.74, 6) is -0.0188. The maximum atomic E-state index is 12.7. The van der Waals surface area contributed by atoms with Crippen LogP contribution in [0.2, 0.25) is 0 Å². The number of amides is 2. The van der Waals surface area contributed by atoms with Gasteiger partial charge in [-0.3, -0.25) is 9.59 Å². The van der Waals surface area contributed by atoms with E-state index < -0.39 is 6.04 Å². The normalized spacial score (nSPS) is 18.2. The number of hydrogen-bond donors (Lipinski definition) is 1. The molecule has 1 N–H and O–H groups in total. The van der Waals surface area contributed by atoms with Gasteiger partial charge >= 0.3 is 0 Å². The highest BCUT2D eigenvalue weighted by molar-refractivity contribution is 5.96. The van der Waals surface area contributed by atoms with Gasteiger partial charge in [-0.2, -0.15) is 0 Å². The maximum Gasteiger partial charge on any atom is 0.270 e. The first kappa shape index (κ1) is 19.4. The van der Waals surface area contributed by atoms with E-state index in [4.69, 9.17) is 4.74 Å². The number of carbonyl (C=O) groups excluding carboxylic acids is 2. The van der Waals surface area contributed by atoms with Crippen LogP contribution < -0.4 is 10.1 Å². The molecular weight excluding hydrogens is 366 g/mol. The number of nitrogens with one attached hydrogen (secondary N) is 1. The number of nitrogens with zero attached hydrogens (tertiary/aromatic N) is 2. The summed E-state index contributed by atoms with van der Waals surface area (Å²) in [4.78, 5) is 31.6. The first-order chi connectivity index (χ1) is 14.0. The Balaban J connectivity index is 1.41. The van der Waals surface area contributed by atoms with Crippen molar-refractivity contribution in [2.45, 2.75) is 38.6 Å². The van der Waals surface area contributed by atoms with Gasteiger partial charge in [0.2, 0.25) is 11.8 Å². The number of carbonyl (C=O) groups is 2. The molecule has 0 unspecified atom stereocenters. The molecule has 1 aliphatic heterocycles. The number of methoxy groups -OCH3 is 1. The second kappa shape index (κ2) is 7.85. The van der Waals surface area contributed by atoms with Crippen molar-refractivity contribution in [2.75, 3.05) is 20.2 Å². The molecule has 6 heteroatoms. The van der Waals surface area contributed by atoms with E-state index in [-0.39, 0.29) is 17.5 Å². The van der Waals surface area contributed by atoms with Crippen molar-refractivity contribution in [1.82, 2.24) is 15.2 Å². The number of hydrogen-bond acceptors (Lipinski definition) is 4. The van der Waals surface area contributed by atoms with E-state index in [9.17, 15) is 9.59 Å². The monoisotopic (exact) mass is 393 g/mol. The number of ether oxygens (including phenoxy) is 1. The predicted octanol–water partition coefficient (Wildman–Crippen LogP) is 3.28. The standard InChI is InChI=1S/C23H27N3O3/c1-16(22(28)26-14-12-23(10-11-23)13-15-26)24-20(27)19-9-8-18(21(25-19)29-2)17-6-4-3-5-7-17/h3-9,16H,10-15H2,1-2H3,(H,24,27)/t16-/m0/s1. The molecule has 152 valence electrons. The third kappa shape index (κ3) is 4.11. The molecule has 2 heterocycles. The van der Waals surface area contributed by atoms with Crippen LogP contribution in [0, 0.1) is 5.41 Å². The molecule has 1 aromatic heterocycles. The van der Waals surface area contributed by atoms with Crippen LogP contribution in [0.1, 0.15) is 43.1 Å². The van der Waals surface area contributed by atoms with Crippen LogP contribution in [-0.4, -0.2) is 47.9 Å². The highest BCUT2D eigenvalue weighted by Gasteiger charge is 2.45. The van der Waals surface area contributed by atoms with E-state index >= 15 is 0 Å². The van der Waals surface area contributed by atoms with Gasteiger partial charge in [-0.15, -0.1) is 0 Å². The Morgan fingerprint density at radius 3 is 2.38 bits per heavy atom. The summed E-state index contributed by atoms with van der Waals surface area (Å²) < 4.78 is 5.40. The topological polar surface area (TPSA) is 71.5 Å². The summed E-state index contributed by atoms with van der Waals surface area (Å²) >= 11 is 0. The van der Waals surface area contributed by atoms with Crippen LogP contribution >= 0.6 is 0 Å². The zero-order valence-electron chi connectivity index (χ0n) is 17.0. The van der Waals surface area contributed by atoms with Gasteiger partial charge < -0.3 is 15.0 Å². The third-order valence-electron chi connectivity index (χ3n) is 6.18. The second-order valence-electron chi connectivity index (χ2n) is 8.14. The van der Waals surface area contributed by atoms with Gasteiger partial charge in [0.25, 0.3) is 5.91 Å². The molecule has 0 radical (unpaired) electrons. The molecule has 1 aliphatic carbocycles. The summed E-state index contributed by atoms with van der Waals surface area (Å²) in [6.45, 7) is 3.31. The second-order valence-corrected chi connectivity index (χ2v) is 8.14. The average Bonchev–Trinajstić information content (AvgIpc) is 3.52. The molecule has 2 aromatic rings. The molecule has 6 nitrogen and oxygen atoms in total. The minimum absolute atomic E-state index is 0.0262. The Kier molecular flexibility index (Phi) is 5.26. The molecule has 1 spiro atoms. The lowest BCUT2D eigenvalue weighted by Gasteiger charge is -2.33. The van der Waals surface area contributed by atoms with Crippen LogP contribution in [-0.2, 0) is 4.79 Å². The smallest absolute Gasteiger partial charge is 0.270 e. The summed E-state index contributed by atoms with van der Waals surface area (Å²) in [6.07, 6.45) is 4.76. The lowest BCUT2D eigenvalue weighted by Crippen LogP contribution is -2.49. The molecule has 2 fully saturated rings. The van der Waals surface area contributed by atoms with E-state index in [1.54, 1.807) is 13.0 Å². The quantitative estimate of drug-likeness (QED) is 0.846. The third-order valence-corrected chi connectivity index (χ3v) is 6.18. The van der Waals surface area contributed by atoms with Gasteiger partial charge in [0.1, 0.15) is 11.7 Å². The number of rotatable bonds is 5. The highest BCUT2D eigenvalue weighted by Crippen LogP contribution is 2.53. The first-order valence-corrected chi connectivity index (χ1v) is 10.2. The first-order valence-electron chi connectivity index (χ1n) is 10.2. The van der Waals surface area contributed by atoms with Crippen molar-refractivity contribution in [3.8, 4) is 17.0 Å². The zero-order valence-corrected chi connectivity index (χ0v) is 17.0. The average molecular weight is 393 g/mol. The number of aromatic nitrogens is 1. The van der Waals surface area contributed by atoms with E-state index in [0.717, 1.165) is 37.1 Å². The molecule has 29 heavy (non-hydrogen) atoms. The van der Waals surface area contributed by atoms with Crippen molar-refractivity contribution in [1.29, 1.82) is 0 Å². The molecular formula is C23H27N3O3. The maximum absolute atomic E-state index is 12.7.